The van der Waals surface area contributed by atoms with Gasteiger partial charge in [-0.05, 0) is 0 Å². The van der Waals surface area contributed by atoms with Crippen molar-refractivity contribution in [1.29, 1.82) is 0 Å². The summed E-state index contributed by atoms with van der Waals surface area (Å²) < 4.78 is 69.1. The van der Waals surface area contributed by atoms with Crippen molar-refractivity contribution in [1.82, 2.24) is 4.98 Å². The molecule has 2 N–H and O–H groups in total. The van der Waals surface area contributed by atoms with E-state index in [9.17, 15) is 21.6 Å². The quantitative estimate of drug-likeness (QED) is 0.886. The summed E-state index contributed by atoms with van der Waals surface area (Å²) in [6.45, 7) is 0. The summed E-state index contributed by atoms with van der Waals surface area (Å²) in [7, 11) is -2.36. The van der Waals surface area contributed by atoms with Crippen LogP contribution in [0.4, 0.5) is 13.2 Å². The van der Waals surface area contributed by atoms with Crippen LogP contribution in [-0.2, 0) is 16.2 Å². The summed E-state index contributed by atoms with van der Waals surface area (Å²) in [5.74, 6) is -1.36. The Balaban J connectivity index is 3.65. The average Bonchev–Trinajstić information content (AvgIpc) is 2.24. The van der Waals surface area contributed by atoms with Gasteiger partial charge in [-0.2, -0.15) is 13.2 Å². The van der Waals surface area contributed by atoms with E-state index >= 15 is 0 Å². The number of rotatable bonds is 3. The average molecular weight is 286 g/mol. The zero-order chi connectivity index (χ0) is 14.1. The first-order valence-corrected chi connectivity index (χ1v) is 5.89. The molecule has 0 aliphatic rings. The fourth-order valence-corrected chi connectivity index (χ4v) is 1.98. The molecule has 6 nitrogen and oxygen atoms in total. The van der Waals surface area contributed by atoms with Gasteiger partial charge in [-0.3, -0.25) is 0 Å². The number of pyridine rings is 1. The van der Waals surface area contributed by atoms with Crippen LogP contribution in [0.3, 0.4) is 0 Å². The van der Waals surface area contributed by atoms with Gasteiger partial charge in [0, 0.05) is 6.07 Å². The summed E-state index contributed by atoms with van der Waals surface area (Å²) in [6.07, 6.45) is -4.77. The normalized spacial score (nSPS) is 12.3. The number of primary sulfonamides is 1. The monoisotopic (exact) mass is 286 g/mol. The van der Waals surface area contributed by atoms with Crippen LogP contribution in [0.1, 0.15) is 5.69 Å². The molecule has 0 spiro atoms. The van der Waals surface area contributed by atoms with Crippen molar-refractivity contribution in [3.8, 4) is 11.6 Å². The smallest absolute Gasteiger partial charge is 0.433 e. The lowest BCUT2D eigenvalue weighted by molar-refractivity contribution is -0.141. The number of alkyl halides is 3. The van der Waals surface area contributed by atoms with Gasteiger partial charge in [-0.25, -0.2) is 18.5 Å². The molecule has 102 valence electrons. The highest BCUT2D eigenvalue weighted by Gasteiger charge is 2.36. The van der Waals surface area contributed by atoms with Crippen molar-refractivity contribution in [3.63, 3.8) is 0 Å². The Kier molecular flexibility index (Phi) is 3.72. The highest BCUT2D eigenvalue weighted by Crippen LogP contribution is 2.37. The Morgan fingerprint density at radius 1 is 1.28 bits per heavy atom. The second-order valence-electron chi connectivity index (χ2n) is 3.09. The van der Waals surface area contributed by atoms with E-state index in [1.807, 2.05) is 0 Å². The van der Waals surface area contributed by atoms with Crippen LogP contribution >= 0.6 is 0 Å². The Labute approximate surface area is 101 Å². The highest BCUT2D eigenvalue weighted by molar-refractivity contribution is 7.89. The maximum atomic E-state index is 12.5. The van der Waals surface area contributed by atoms with Gasteiger partial charge in [0.05, 0.1) is 14.2 Å². The zero-order valence-corrected chi connectivity index (χ0v) is 10.1. The number of sulfonamides is 1. The minimum absolute atomic E-state index is 0.433. The standard InChI is InChI=1S/C8H9F3N2O4S/c1-16-4-3-5(8(9,10)11)13-7(17-2)6(4)18(12,14)15/h3H,1-2H3,(H2,12,14,15). The fraction of sp³-hybridized carbons (Fsp3) is 0.375. The molecule has 0 aliphatic heterocycles. The number of nitrogens with zero attached hydrogens (tertiary/aromatic N) is 1. The number of hydrogen-bond donors (Lipinski definition) is 1. The van der Waals surface area contributed by atoms with Crippen LogP contribution in [-0.4, -0.2) is 27.6 Å². The van der Waals surface area contributed by atoms with Crippen molar-refractivity contribution in [2.45, 2.75) is 11.1 Å². The van der Waals surface area contributed by atoms with Gasteiger partial charge >= 0.3 is 6.18 Å². The Bertz CT molecular complexity index is 531. The third-order valence-corrected chi connectivity index (χ3v) is 2.84. The topological polar surface area (TPSA) is 91.5 Å². The molecule has 0 fully saturated rings. The lowest BCUT2D eigenvalue weighted by Crippen LogP contribution is -2.18. The Hall–Kier alpha value is -1.55. The molecule has 1 heterocycles. The van der Waals surface area contributed by atoms with E-state index in [0.717, 1.165) is 14.2 Å². The number of methoxy groups -OCH3 is 2. The Morgan fingerprint density at radius 3 is 2.17 bits per heavy atom. The number of aromatic nitrogens is 1. The molecule has 0 saturated carbocycles. The van der Waals surface area contributed by atoms with Gasteiger partial charge in [-0.15, -0.1) is 0 Å². The molecule has 1 aromatic heterocycles. The molecule has 0 aliphatic carbocycles. The first-order chi connectivity index (χ1) is 8.11. The van der Waals surface area contributed by atoms with E-state index in [4.69, 9.17) is 5.14 Å². The predicted octanol–water partition coefficient (Wildman–Crippen LogP) is 0.765. The van der Waals surface area contributed by atoms with Gasteiger partial charge in [0.15, 0.2) is 10.6 Å². The third-order valence-electron chi connectivity index (χ3n) is 1.90. The van der Waals surface area contributed by atoms with Crippen molar-refractivity contribution in [2.24, 2.45) is 5.14 Å². The predicted molar refractivity (Wildman–Crippen MR) is 53.7 cm³/mol. The van der Waals surface area contributed by atoms with E-state index in [1.54, 1.807) is 0 Å². The van der Waals surface area contributed by atoms with E-state index in [-0.39, 0.29) is 0 Å². The largest absolute Gasteiger partial charge is 0.495 e. The maximum absolute atomic E-state index is 12.5. The fourth-order valence-electron chi connectivity index (χ4n) is 1.18. The van der Waals surface area contributed by atoms with Gasteiger partial charge in [-0.1, -0.05) is 0 Å². The molecule has 0 unspecified atom stereocenters. The van der Waals surface area contributed by atoms with Crippen LogP contribution < -0.4 is 14.6 Å². The van der Waals surface area contributed by atoms with Gasteiger partial charge in [0.1, 0.15) is 5.75 Å². The third kappa shape index (κ3) is 2.82. The summed E-state index contributed by atoms with van der Waals surface area (Å²) in [5, 5.41) is 4.86. The van der Waals surface area contributed by atoms with Crippen molar-refractivity contribution < 1.29 is 31.1 Å². The van der Waals surface area contributed by atoms with E-state index < -0.39 is 38.4 Å². The minimum Gasteiger partial charge on any atom is -0.495 e. The van der Waals surface area contributed by atoms with Gasteiger partial charge < -0.3 is 9.47 Å². The van der Waals surface area contributed by atoms with Crippen molar-refractivity contribution >= 4 is 10.0 Å². The highest BCUT2D eigenvalue weighted by atomic mass is 32.2. The van der Waals surface area contributed by atoms with Gasteiger partial charge in [0.2, 0.25) is 15.9 Å². The second-order valence-corrected chi connectivity index (χ2v) is 4.59. The second kappa shape index (κ2) is 4.61. The van der Waals surface area contributed by atoms with E-state index in [1.165, 1.54) is 0 Å². The molecular weight excluding hydrogens is 277 g/mol. The Morgan fingerprint density at radius 2 is 1.83 bits per heavy atom. The van der Waals surface area contributed by atoms with E-state index in [2.05, 4.69) is 14.5 Å². The summed E-state index contributed by atoms with van der Waals surface area (Å²) >= 11 is 0. The lowest BCUT2D eigenvalue weighted by atomic mass is 10.3. The van der Waals surface area contributed by atoms with Crippen LogP contribution in [0.2, 0.25) is 0 Å². The van der Waals surface area contributed by atoms with Crippen LogP contribution in [0.15, 0.2) is 11.0 Å². The lowest BCUT2D eigenvalue weighted by Gasteiger charge is -2.13. The first kappa shape index (κ1) is 14.5. The van der Waals surface area contributed by atoms with Gasteiger partial charge in [0.25, 0.3) is 0 Å². The first-order valence-electron chi connectivity index (χ1n) is 4.34. The van der Waals surface area contributed by atoms with Crippen LogP contribution in [0.25, 0.3) is 0 Å². The van der Waals surface area contributed by atoms with Crippen molar-refractivity contribution in [3.05, 3.63) is 11.8 Å². The molecule has 0 aromatic carbocycles. The molecular formula is C8H9F3N2O4S. The number of ether oxygens (including phenoxy) is 2. The summed E-state index contributed by atoms with van der Waals surface area (Å²) in [6, 6.07) is 0.433. The molecule has 10 heteroatoms. The molecule has 0 bridgehead atoms. The number of nitrogens with two attached hydrogens (primary N) is 1. The molecule has 0 radical (unpaired) electrons. The van der Waals surface area contributed by atoms with Crippen LogP contribution in [0, 0.1) is 0 Å². The molecule has 0 amide bonds. The molecule has 0 atom stereocenters. The molecule has 1 aromatic rings. The SMILES string of the molecule is COc1cc(C(F)(F)F)nc(OC)c1S(N)(=O)=O. The molecule has 18 heavy (non-hydrogen) atoms. The summed E-state index contributed by atoms with van der Waals surface area (Å²) in [4.78, 5) is 2.32. The number of hydrogen-bond acceptors (Lipinski definition) is 5. The maximum Gasteiger partial charge on any atom is 0.433 e. The van der Waals surface area contributed by atoms with Crippen molar-refractivity contribution in [2.75, 3.05) is 14.2 Å². The number of halogens is 3. The summed E-state index contributed by atoms with van der Waals surface area (Å²) in [5.41, 5.74) is -1.34. The molecule has 0 saturated heterocycles. The minimum atomic E-state index is -4.77. The van der Waals surface area contributed by atoms with Crippen LogP contribution in [0.5, 0.6) is 11.6 Å². The molecule has 1 rings (SSSR count). The van der Waals surface area contributed by atoms with E-state index in [0.29, 0.717) is 6.07 Å². The zero-order valence-electron chi connectivity index (χ0n) is 9.28.